The zero-order valence-corrected chi connectivity index (χ0v) is 13.9. The van der Waals surface area contributed by atoms with Gasteiger partial charge in [0.05, 0.1) is 17.0 Å². The highest BCUT2D eigenvalue weighted by atomic mass is 79.9. The molecule has 0 spiro atoms. The summed E-state index contributed by atoms with van der Waals surface area (Å²) >= 11 is 4.66. The Morgan fingerprint density at radius 3 is 2.50 bits per heavy atom. The molecule has 1 aromatic carbocycles. The smallest absolute Gasteiger partial charge is 0.303 e. The van der Waals surface area contributed by atoms with E-state index < -0.39 is 5.97 Å². The molecule has 7 heteroatoms. The van der Waals surface area contributed by atoms with Crippen LogP contribution in [0.4, 0.5) is 0 Å². The SMILES string of the molecule is O=C(O)CC/C(=N/NC(=O)c1cccs1)c1ccc(Br)cc1. The molecule has 0 bridgehead atoms. The van der Waals surface area contributed by atoms with E-state index in [0.717, 1.165) is 10.0 Å². The third-order valence-corrected chi connectivity index (χ3v) is 4.19. The molecule has 1 amide bonds. The van der Waals surface area contributed by atoms with Gasteiger partial charge in [0.25, 0.3) is 5.91 Å². The van der Waals surface area contributed by atoms with Crippen molar-refractivity contribution in [3.63, 3.8) is 0 Å². The van der Waals surface area contributed by atoms with Gasteiger partial charge in [0, 0.05) is 10.9 Å². The molecule has 2 rings (SSSR count). The van der Waals surface area contributed by atoms with Crippen LogP contribution in [0.3, 0.4) is 0 Å². The summed E-state index contributed by atoms with van der Waals surface area (Å²) in [5.41, 5.74) is 3.78. The highest BCUT2D eigenvalue weighted by Crippen LogP contribution is 2.14. The summed E-state index contributed by atoms with van der Waals surface area (Å²) in [5, 5.41) is 14.7. The number of hydrogen-bond donors (Lipinski definition) is 2. The van der Waals surface area contributed by atoms with E-state index in [1.54, 1.807) is 17.5 Å². The third kappa shape index (κ3) is 4.78. The number of rotatable bonds is 6. The molecule has 0 radical (unpaired) electrons. The number of carbonyl (C=O) groups is 2. The van der Waals surface area contributed by atoms with Crippen LogP contribution in [0.15, 0.2) is 51.4 Å². The first-order chi connectivity index (χ1) is 10.6. The van der Waals surface area contributed by atoms with Crippen LogP contribution in [0, 0.1) is 0 Å². The van der Waals surface area contributed by atoms with Crippen LogP contribution in [0.25, 0.3) is 0 Å². The third-order valence-electron chi connectivity index (χ3n) is 2.79. The minimum atomic E-state index is -0.908. The van der Waals surface area contributed by atoms with Gasteiger partial charge in [0.1, 0.15) is 0 Å². The number of carboxylic acids is 1. The molecule has 1 heterocycles. The van der Waals surface area contributed by atoms with Crippen LogP contribution in [0.5, 0.6) is 0 Å². The van der Waals surface area contributed by atoms with E-state index in [9.17, 15) is 9.59 Å². The fraction of sp³-hybridized carbons (Fsp3) is 0.133. The summed E-state index contributed by atoms with van der Waals surface area (Å²) in [6.07, 6.45) is 0.186. The van der Waals surface area contributed by atoms with Crippen molar-refractivity contribution < 1.29 is 14.7 Å². The molecular formula is C15H13BrN2O3S. The number of halogens is 1. The standard InChI is InChI=1S/C15H13BrN2O3S/c16-11-5-3-10(4-6-11)12(7-8-14(19)20)17-18-15(21)13-2-1-9-22-13/h1-6,9H,7-8H2,(H,18,21)(H,19,20)/b17-12-. The van der Waals surface area contributed by atoms with Gasteiger partial charge in [-0.3, -0.25) is 9.59 Å². The maximum Gasteiger partial charge on any atom is 0.303 e. The van der Waals surface area contributed by atoms with Crippen LogP contribution in [0.2, 0.25) is 0 Å². The summed E-state index contributed by atoms with van der Waals surface area (Å²) in [7, 11) is 0. The van der Waals surface area contributed by atoms with Crippen molar-refractivity contribution in [2.24, 2.45) is 5.10 Å². The van der Waals surface area contributed by atoms with Crippen molar-refractivity contribution in [1.82, 2.24) is 5.43 Å². The van der Waals surface area contributed by atoms with Crippen molar-refractivity contribution in [1.29, 1.82) is 0 Å². The second kappa shape index (κ2) is 7.86. The Labute approximate surface area is 139 Å². The van der Waals surface area contributed by atoms with Gasteiger partial charge in [-0.25, -0.2) is 5.43 Å². The Hall–Kier alpha value is -1.99. The average molecular weight is 381 g/mol. The monoisotopic (exact) mass is 380 g/mol. The molecule has 0 unspecified atom stereocenters. The molecule has 22 heavy (non-hydrogen) atoms. The number of carbonyl (C=O) groups excluding carboxylic acids is 1. The molecule has 2 N–H and O–H groups in total. The van der Waals surface area contributed by atoms with Gasteiger partial charge in [0.15, 0.2) is 0 Å². The molecule has 0 atom stereocenters. The largest absolute Gasteiger partial charge is 0.481 e. The Bertz CT molecular complexity index is 681. The normalized spacial score (nSPS) is 11.2. The summed E-state index contributed by atoms with van der Waals surface area (Å²) in [6, 6.07) is 10.8. The first-order valence-corrected chi connectivity index (χ1v) is 8.11. The second-order valence-electron chi connectivity index (χ2n) is 4.38. The number of aliphatic carboxylic acids is 1. The average Bonchev–Trinajstić information content (AvgIpc) is 3.02. The van der Waals surface area contributed by atoms with Crippen LogP contribution < -0.4 is 5.43 Å². The van der Waals surface area contributed by atoms with E-state index in [-0.39, 0.29) is 18.7 Å². The highest BCUT2D eigenvalue weighted by molar-refractivity contribution is 9.10. The van der Waals surface area contributed by atoms with E-state index in [2.05, 4.69) is 26.5 Å². The van der Waals surface area contributed by atoms with Crippen molar-refractivity contribution in [2.45, 2.75) is 12.8 Å². The van der Waals surface area contributed by atoms with Gasteiger partial charge < -0.3 is 5.11 Å². The lowest BCUT2D eigenvalue weighted by Gasteiger charge is -2.06. The number of nitrogens with zero attached hydrogens (tertiary/aromatic N) is 1. The molecule has 5 nitrogen and oxygen atoms in total. The van der Waals surface area contributed by atoms with Crippen molar-refractivity contribution in [3.05, 3.63) is 56.7 Å². The van der Waals surface area contributed by atoms with Crippen molar-refractivity contribution in [3.8, 4) is 0 Å². The molecule has 114 valence electrons. The molecule has 0 fully saturated rings. The topological polar surface area (TPSA) is 78.8 Å². The molecule has 2 aromatic rings. The summed E-state index contributed by atoms with van der Waals surface area (Å²) in [4.78, 5) is 23.2. The van der Waals surface area contributed by atoms with Crippen LogP contribution in [-0.2, 0) is 4.79 Å². The highest BCUT2D eigenvalue weighted by Gasteiger charge is 2.10. The summed E-state index contributed by atoms with van der Waals surface area (Å²) in [6.45, 7) is 0. The minimum Gasteiger partial charge on any atom is -0.481 e. The zero-order valence-electron chi connectivity index (χ0n) is 11.5. The van der Waals surface area contributed by atoms with Gasteiger partial charge in [-0.2, -0.15) is 5.10 Å². The van der Waals surface area contributed by atoms with E-state index in [0.29, 0.717) is 10.6 Å². The maximum atomic E-state index is 11.9. The summed E-state index contributed by atoms with van der Waals surface area (Å²) < 4.78 is 0.913. The number of hydrogen-bond acceptors (Lipinski definition) is 4. The fourth-order valence-electron chi connectivity index (χ4n) is 1.71. The van der Waals surface area contributed by atoms with Crippen LogP contribution in [-0.4, -0.2) is 22.7 Å². The van der Waals surface area contributed by atoms with E-state index in [1.807, 2.05) is 24.3 Å². The van der Waals surface area contributed by atoms with Gasteiger partial charge >= 0.3 is 5.97 Å². The Balaban J connectivity index is 2.15. The Morgan fingerprint density at radius 1 is 1.18 bits per heavy atom. The number of hydrazone groups is 1. The molecule has 0 saturated carbocycles. The number of amides is 1. The quantitative estimate of drug-likeness (QED) is 0.594. The van der Waals surface area contributed by atoms with E-state index >= 15 is 0 Å². The van der Waals surface area contributed by atoms with Gasteiger partial charge in [0.2, 0.25) is 0 Å². The molecule has 0 aliphatic heterocycles. The fourth-order valence-corrected chi connectivity index (χ4v) is 2.59. The number of nitrogens with one attached hydrogen (secondary N) is 1. The molecule has 1 aromatic heterocycles. The van der Waals surface area contributed by atoms with Crippen LogP contribution >= 0.6 is 27.3 Å². The predicted octanol–water partition coefficient (Wildman–Crippen LogP) is 3.51. The lowest BCUT2D eigenvalue weighted by molar-refractivity contribution is -0.136. The zero-order chi connectivity index (χ0) is 15.9. The molecule has 0 saturated heterocycles. The van der Waals surface area contributed by atoms with E-state index in [4.69, 9.17) is 5.11 Å². The van der Waals surface area contributed by atoms with Crippen molar-refractivity contribution in [2.75, 3.05) is 0 Å². The molecule has 0 aliphatic rings. The first-order valence-electron chi connectivity index (χ1n) is 6.44. The minimum absolute atomic E-state index is 0.0518. The lowest BCUT2D eigenvalue weighted by atomic mass is 10.1. The van der Waals surface area contributed by atoms with Gasteiger partial charge in [-0.05, 0) is 29.1 Å². The van der Waals surface area contributed by atoms with E-state index in [1.165, 1.54) is 11.3 Å². The number of benzene rings is 1. The Kier molecular flexibility index (Phi) is 5.85. The molecular weight excluding hydrogens is 368 g/mol. The first kappa shape index (κ1) is 16.4. The molecule has 0 aliphatic carbocycles. The summed E-state index contributed by atoms with van der Waals surface area (Å²) in [5.74, 6) is -1.21. The van der Waals surface area contributed by atoms with Gasteiger partial charge in [-0.1, -0.05) is 34.1 Å². The van der Waals surface area contributed by atoms with Crippen molar-refractivity contribution >= 4 is 44.9 Å². The second-order valence-corrected chi connectivity index (χ2v) is 6.24. The van der Waals surface area contributed by atoms with Gasteiger partial charge in [-0.15, -0.1) is 11.3 Å². The van der Waals surface area contributed by atoms with Crippen LogP contribution in [0.1, 0.15) is 28.1 Å². The Morgan fingerprint density at radius 2 is 1.91 bits per heavy atom. The number of carboxylic acid groups (broad SMARTS) is 1. The maximum absolute atomic E-state index is 11.9. The predicted molar refractivity (Wildman–Crippen MR) is 89.3 cm³/mol. The number of thiophene rings is 1. The lowest BCUT2D eigenvalue weighted by Crippen LogP contribution is -2.19.